The first-order chi connectivity index (χ1) is 11.1. The number of hydrogen-bond acceptors (Lipinski definition) is 4. The minimum atomic E-state index is -0.147. The monoisotopic (exact) mass is 341 g/mol. The number of rotatable bonds is 4. The average Bonchev–Trinajstić information content (AvgIpc) is 2.83. The van der Waals surface area contributed by atoms with Gasteiger partial charge in [0, 0.05) is 0 Å². The molecule has 1 amide bonds. The average molecular weight is 341 g/mol. The van der Waals surface area contributed by atoms with E-state index in [9.17, 15) is 4.79 Å². The van der Waals surface area contributed by atoms with E-state index in [0.717, 1.165) is 16.9 Å². The molecule has 1 fully saturated rings. The topological polar surface area (TPSA) is 38.3 Å². The molecule has 1 aliphatic heterocycles. The zero-order chi connectivity index (χ0) is 16.2. The van der Waals surface area contributed by atoms with Crippen molar-refractivity contribution < 1.29 is 9.53 Å². The van der Waals surface area contributed by atoms with Crippen molar-refractivity contribution in [2.45, 2.75) is 13.5 Å². The fourth-order valence-electron chi connectivity index (χ4n) is 2.24. The number of thiocarbonyl (C=S) groups is 1. The maximum atomic E-state index is 11.7. The summed E-state index contributed by atoms with van der Waals surface area (Å²) in [5.74, 6) is 0.623. The zero-order valence-electron chi connectivity index (χ0n) is 12.5. The number of ether oxygens (including phenoxy) is 1. The number of aryl methyl sites for hydroxylation is 1. The Bertz CT molecular complexity index is 799. The molecule has 23 heavy (non-hydrogen) atoms. The molecule has 1 N–H and O–H groups in total. The highest BCUT2D eigenvalue weighted by Gasteiger charge is 2.21. The van der Waals surface area contributed by atoms with E-state index in [-0.39, 0.29) is 5.91 Å². The molecule has 0 aliphatic carbocycles. The van der Waals surface area contributed by atoms with E-state index in [1.54, 1.807) is 0 Å². The number of hydrogen-bond donors (Lipinski definition) is 1. The van der Waals surface area contributed by atoms with Crippen molar-refractivity contribution in [1.29, 1.82) is 0 Å². The van der Waals surface area contributed by atoms with E-state index in [0.29, 0.717) is 15.8 Å². The predicted molar refractivity (Wildman–Crippen MR) is 98.3 cm³/mol. The number of carbonyl (C=O) groups excluding carboxylic acids is 1. The molecule has 2 aromatic carbocycles. The summed E-state index contributed by atoms with van der Waals surface area (Å²) in [6, 6.07) is 15.9. The summed E-state index contributed by atoms with van der Waals surface area (Å²) in [4.78, 5) is 12.3. The quantitative estimate of drug-likeness (QED) is 0.672. The van der Waals surface area contributed by atoms with Gasteiger partial charge in [0.05, 0.1) is 4.91 Å². The van der Waals surface area contributed by atoms with Crippen molar-refractivity contribution in [2.24, 2.45) is 0 Å². The maximum absolute atomic E-state index is 11.7. The summed E-state index contributed by atoms with van der Waals surface area (Å²) in [6.45, 7) is 2.58. The Labute approximate surface area is 144 Å². The molecule has 3 nitrogen and oxygen atoms in total. The molecular formula is C18H15NO2S2. The number of benzene rings is 2. The summed E-state index contributed by atoms with van der Waals surface area (Å²) in [6.07, 6.45) is 1.82. The first-order valence-electron chi connectivity index (χ1n) is 7.13. The van der Waals surface area contributed by atoms with Crippen LogP contribution in [0.1, 0.15) is 16.7 Å². The van der Waals surface area contributed by atoms with Gasteiger partial charge in [0.2, 0.25) is 0 Å². The van der Waals surface area contributed by atoms with Gasteiger partial charge in [-0.05, 0) is 36.3 Å². The predicted octanol–water partition coefficient (Wildman–Crippen LogP) is 4.06. The first kappa shape index (κ1) is 15.8. The van der Waals surface area contributed by atoms with Gasteiger partial charge < -0.3 is 10.1 Å². The van der Waals surface area contributed by atoms with Crippen molar-refractivity contribution in [3.63, 3.8) is 0 Å². The first-order valence-corrected chi connectivity index (χ1v) is 8.36. The van der Waals surface area contributed by atoms with Crippen LogP contribution in [-0.4, -0.2) is 10.2 Å². The van der Waals surface area contributed by atoms with Crippen LogP contribution in [0.15, 0.2) is 53.4 Å². The van der Waals surface area contributed by atoms with Gasteiger partial charge in [0.25, 0.3) is 5.91 Å². The normalized spacial score (nSPS) is 15.8. The fraction of sp³-hybridized carbons (Fsp3) is 0.111. The second-order valence-electron chi connectivity index (χ2n) is 5.20. The molecule has 5 heteroatoms. The molecule has 116 valence electrons. The van der Waals surface area contributed by atoms with E-state index >= 15 is 0 Å². The SMILES string of the molecule is Cc1cccc(COc2cccc(/C=C3\SC(=S)NC3=O)c2)c1. The molecule has 0 atom stereocenters. The van der Waals surface area contributed by atoms with Crippen LogP contribution in [0.3, 0.4) is 0 Å². The molecule has 0 spiro atoms. The van der Waals surface area contributed by atoms with Crippen molar-refractivity contribution in [3.8, 4) is 5.75 Å². The van der Waals surface area contributed by atoms with Crippen molar-refractivity contribution >= 4 is 40.3 Å². The molecule has 3 rings (SSSR count). The van der Waals surface area contributed by atoms with Crippen LogP contribution in [0.25, 0.3) is 6.08 Å². The molecule has 1 saturated heterocycles. The lowest BCUT2D eigenvalue weighted by Gasteiger charge is -2.07. The van der Waals surface area contributed by atoms with Gasteiger partial charge in [0.1, 0.15) is 16.7 Å². The van der Waals surface area contributed by atoms with E-state index in [1.807, 2.05) is 42.5 Å². The van der Waals surface area contributed by atoms with E-state index in [2.05, 4.69) is 24.4 Å². The summed E-state index contributed by atoms with van der Waals surface area (Å²) in [5, 5.41) is 2.61. The van der Waals surface area contributed by atoms with Gasteiger partial charge >= 0.3 is 0 Å². The van der Waals surface area contributed by atoms with E-state index in [4.69, 9.17) is 17.0 Å². The Kier molecular flexibility index (Phi) is 4.79. The second-order valence-corrected chi connectivity index (χ2v) is 6.92. The van der Waals surface area contributed by atoms with Gasteiger partial charge in [-0.25, -0.2) is 0 Å². The van der Waals surface area contributed by atoms with Crippen molar-refractivity contribution in [3.05, 3.63) is 70.1 Å². The maximum Gasteiger partial charge on any atom is 0.263 e. The standard InChI is InChI=1S/C18H15NO2S2/c1-12-4-2-6-14(8-12)11-21-15-7-3-5-13(9-15)10-16-17(20)19-18(22)23-16/h2-10H,11H2,1H3,(H,19,20,22)/b16-10-. The second kappa shape index (κ2) is 6.98. The van der Waals surface area contributed by atoms with Crippen molar-refractivity contribution in [1.82, 2.24) is 5.32 Å². The molecule has 0 saturated carbocycles. The Hall–Kier alpha value is -2.11. The van der Waals surface area contributed by atoms with Crippen LogP contribution >= 0.6 is 24.0 Å². The third kappa shape index (κ3) is 4.21. The molecular weight excluding hydrogens is 326 g/mol. The van der Waals surface area contributed by atoms with E-state index in [1.165, 1.54) is 17.3 Å². The molecule has 1 aliphatic rings. The van der Waals surface area contributed by atoms with Gasteiger partial charge in [-0.2, -0.15) is 0 Å². The molecule has 2 aromatic rings. The van der Waals surface area contributed by atoms with E-state index < -0.39 is 0 Å². The Morgan fingerprint density at radius 2 is 2.04 bits per heavy atom. The van der Waals surface area contributed by atoms with Crippen LogP contribution in [0.4, 0.5) is 0 Å². The highest BCUT2D eigenvalue weighted by molar-refractivity contribution is 8.26. The van der Waals surface area contributed by atoms with Crippen LogP contribution in [0, 0.1) is 6.92 Å². The van der Waals surface area contributed by atoms with Gasteiger partial charge in [0.15, 0.2) is 0 Å². The van der Waals surface area contributed by atoms with Crippen LogP contribution in [-0.2, 0) is 11.4 Å². The van der Waals surface area contributed by atoms with Gasteiger partial charge in [-0.1, -0.05) is 65.9 Å². The minimum Gasteiger partial charge on any atom is -0.489 e. The smallest absolute Gasteiger partial charge is 0.263 e. The summed E-state index contributed by atoms with van der Waals surface area (Å²) in [5.41, 5.74) is 3.25. The van der Waals surface area contributed by atoms with Crippen molar-refractivity contribution in [2.75, 3.05) is 0 Å². The summed E-state index contributed by atoms with van der Waals surface area (Å²) >= 11 is 6.26. The van der Waals surface area contributed by atoms with Crippen LogP contribution in [0.2, 0.25) is 0 Å². The lowest BCUT2D eigenvalue weighted by Crippen LogP contribution is -2.17. The van der Waals surface area contributed by atoms with Gasteiger partial charge in [-0.3, -0.25) is 4.79 Å². The lowest BCUT2D eigenvalue weighted by atomic mass is 10.1. The summed E-state index contributed by atoms with van der Waals surface area (Å²) in [7, 11) is 0. The molecule has 0 unspecified atom stereocenters. The Balaban J connectivity index is 1.71. The lowest BCUT2D eigenvalue weighted by molar-refractivity contribution is -0.115. The van der Waals surface area contributed by atoms with Gasteiger partial charge in [-0.15, -0.1) is 0 Å². The highest BCUT2D eigenvalue weighted by Crippen LogP contribution is 2.27. The fourth-order valence-corrected chi connectivity index (χ4v) is 3.28. The summed E-state index contributed by atoms with van der Waals surface area (Å²) < 4.78 is 6.33. The Morgan fingerprint density at radius 3 is 2.78 bits per heavy atom. The molecule has 0 radical (unpaired) electrons. The third-order valence-electron chi connectivity index (χ3n) is 3.29. The molecule has 0 bridgehead atoms. The number of amides is 1. The van der Waals surface area contributed by atoms with Crippen LogP contribution in [0.5, 0.6) is 5.75 Å². The Morgan fingerprint density at radius 1 is 1.22 bits per heavy atom. The zero-order valence-corrected chi connectivity index (χ0v) is 14.2. The number of nitrogens with one attached hydrogen (secondary N) is 1. The molecule has 1 heterocycles. The number of thioether (sulfide) groups is 1. The largest absolute Gasteiger partial charge is 0.489 e. The number of carbonyl (C=O) groups is 1. The van der Waals surface area contributed by atoms with Crippen LogP contribution < -0.4 is 10.1 Å². The molecule has 0 aromatic heterocycles. The third-order valence-corrected chi connectivity index (χ3v) is 4.45. The highest BCUT2D eigenvalue weighted by atomic mass is 32.2. The minimum absolute atomic E-state index is 0.147.